The molecule has 30 heavy (non-hydrogen) atoms. The van der Waals surface area contributed by atoms with Crippen LogP contribution in [0.3, 0.4) is 0 Å². The van der Waals surface area contributed by atoms with E-state index >= 15 is 0 Å². The topological polar surface area (TPSA) is 77.8 Å². The summed E-state index contributed by atoms with van der Waals surface area (Å²) in [6.07, 6.45) is 0.125. The Morgan fingerprint density at radius 2 is 1.90 bits per heavy atom. The van der Waals surface area contributed by atoms with Crippen molar-refractivity contribution in [3.8, 4) is 29.1 Å². The second-order valence-corrected chi connectivity index (χ2v) is 6.82. The number of fused-ring (bicyclic) bond motifs is 1. The molecule has 0 unspecified atom stereocenters. The standard InChI is InChI=1S/C24H19NO5/c1-16-4-2-3-5-18(16)11-24(26)30-22-12-20(8-7-19(22)13-25)27-14-17-6-9-21-23(10-17)29-15-28-21/h2-10,12H,11,14-15H2,1H3. The van der Waals surface area contributed by atoms with Gasteiger partial charge in [0.1, 0.15) is 18.4 Å². The molecule has 4 rings (SSSR count). The minimum atomic E-state index is -0.436. The van der Waals surface area contributed by atoms with Gasteiger partial charge in [0, 0.05) is 6.07 Å². The van der Waals surface area contributed by atoms with Crippen LogP contribution in [0.2, 0.25) is 0 Å². The lowest BCUT2D eigenvalue weighted by Crippen LogP contribution is -2.13. The van der Waals surface area contributed by atoms with Gasteiger partial charge in [-0.3, -0.25) is 4.79 Å². The molecule has 6 heteroatoms. The Labute approximate surface area is 174 Å². The number of aryl methyl sites for hydroxylation is 1. The van der Waals surface area contributed by atoms with Crippen molar-refractivity contribution in [2.75, 3.05) is 6.79 Å². The van der Waals surface area contributed by atoms with Crippen LogP contribution in [-0.2, 0) is 17.8 Å². The third kappa shape index (κ3) is 4.36. The molecule has 6 nitrogen and oxygen atoms in total. The fraction of sp³-hybridized carbons (Fsp3) is 0.167. The Hall–Kier alpha value is -3.98. The van der Waals surface area contributed by atoms with Gasteiger partial charge < -0.3 is 18.9 Å². The van der Waals surface area contributed by atoms with Crippen LogP contribution >= 0.6 is 0 Å². The maximum Gasteiger partial charge on any atom is 0.315 e. The number of carbonyl (C=O) groups is 1. The molecule has 1 aliphatic heterocycles. The van der Waals surface area contributed by atoms with Crippen molar-refractivity contribution in [2.45, 2.75) is 20.0 Å². The summed E-state index contributed by atoms with van der Waals surface area (Å²) in [5.74, 6) is 1.63. The molecule has 0 radical (unpaired) electrons. The molecule has 1 aliphatic rings. The van der Waals surface area contributed by atoms with Crippen molar-refractivity contribution in [1.82, 2.24) is 0 Å². The summed E-state index contributed by atoms with van der Waals surface area (Å²) in [7, 11) is 0. The fourth-order valence-corrected chi connectivity index (χ4v) is 3.09. The highest BCUT2D eigenvalue weighted by Gasteiger charge is 2.15. The Balaban J connectivity index is 1.44. The minimum Gasteiger partial charge on any atom is -0.489 e. The van der Waals surface area contributed by atoms with Gasteiger partial charge in [-0.05, 0) is 47.9 Å². The Morgan fingerprint density at radius 1 is 1.07 bits per heavy atom. The number of rotatable bonds is 6. The first-order valence-electron chi connectivity index (χ1n) is 9.43. The lowest BCUT2D eigenvalue weighted by atomic mass is 10.1. The monoisotopic (exact) mass is 401 g/mol. The van der Waals surface area contributed by atoms with Crippen LogP contribution in [0.25, 0.3) is 0 Å². The van der Waals surface area contributed by atoms with E-state index in [0.717, 1.165) is 16.7 Å². The highest BCUT2D eigenvalue weighted by atomic mass is 16.7. The summed E-state index contributed by atoms with van der Waals surface area (Å²) < 4.78 is 22.0. The summed E-state index contributed by atoms with van der Waals surface area (Å²) in [4.78, 5) is 12.4. The SMILES string of the molecule is Cc1ccccc1CC(=O)Oc1cc(OCc2ccc3c(c2)OCO3)ccc1C#N. The zero-order valence-corrected chi connectivity index (χ0v) is 16.4. The first-order valence-corrected chi connectivity index (χ1v) is 9.43. The number of esters is 1. The zero-order chi connectivity index (χ0) is 20.9. The Morgan fingerprint density at radius 3 is 2.73 bits per heavy atom. The van der Waals surface area contributed by atoms with E-state index in [2.05, 4.69) is 0 Å². The van der Waals surface area contributed by atoms with Crippen molar-refractivity contribution in [1.29, 1.82) is 5.26 Å². The van der Waals surface area contributed by atoms with Crippen molar-refractivity contribution < 1.29 is 23.7 Å². The molecular formula is C24H19NO5. The van der Waals surface area contributed by atoms with Crippen LogP contribution in [0.15, 0.2) is 60.7 Å². The van der Waals surface area contributed by atoms with Gasteiger partial charge in [0.05, 0.1) is 12.0 Å². The lowest BCUT2D eigenvalue weighted by molar-refractivity contribution is -0.133. The van der Waals surface area contributed by atoms with Gasteiger partial charge in [-0.2, -0.15) is 5.26 Å². The molecule has 1 heterocycles. The summed E-state index contributed by atoms with van der Waals surface area (Å²) in [6, 6.07) is 20.0. The van der Waals surface area contributed by atoms with Gasteiger partial charge in [-0.1, -0.05) is 30.3 Å². The van der Waals surface area contributed by atoms with E-state index in [1.165, 1.54) is 0 Å². The highest BCUT2D eigenvalue weighted by Crippen LogP contribution is 2.33. The van der Waals surface area contributed by atoms with Gasteiger partial charge in [0.15, 0.2) is 17.2 Å². The van der Waals surface area contributed by atoms with Crippen molar-refractivity contribution in [3.05, 3.63) is 82.9 Å². The van der Waals surface area contributed by atoms with Crippen LogP contribution in [-0.4, -0.2) is 12.8 Å². The van der Waals surface area contributed by atoms with E-state index in [4.69, 9.17) is 18.9 Å². The number of nitriles is 1. The van der Waals surface area contributed by atoms with Crippen LogP contribution in [0.4, 0.5) is 0 Å². The average molecular weight is 401 g/mol. The smallest absolute Gasteiger partial charge is 0.315 e. The predicted molar refractivity (Wildman–Crippen MR) is 109 cm³/mol. The number of hydrogen-bond acceptors (Lipinski definition) is 6. The van der Waals surface area contributed by atoms with E-state index in [1.54, 1.807) is 18.2 Å². The molecule has 0 spiro atoms. The molecule has 3 aromatic rings. The van der Waals surface area contributed by atoms with Crippen LogP contribution in [0.5, 0.6) is 23.0 Å². The molecule has 0 fully saturated rings. The van der Waals surface area contributed by atoms with Crippen molar-refractivity contribution >= 4 is 5.97 Å². The van der Waals surface area contributed by atoms with E-state index in [0.29, 0.717) is 23.9 Å². The molecule has 150 valence electrons. The van der Waals surface area contributed by atoms with E-state index in [-0.39, 0.29) is 24.5 Å². The second-order valence-electron chi connectivity index (χ2n) is 6.82. The third-order valence-corrected chi connectivity index (χ3v) is 4.74. The quantitative estimate of drug-likeness (QED) is 0.452. The first-order chi connectivity index (χ1) is 14.6. The molecule has 0 amide bonds. The number of carbonyl (C=O) groups excluding carboxylic acids is 1. The van der Waals surface area contributed by atoms with Crippen LogP contribution in [0, 0.1) is 18.3 Å². The molecule has 0 saturated heterocycles. The lowest BCUT2D eigenvalue weighted by Gasteiger charge is -2.11. The molecule has 0 atom stereocenters. The third-order valence-electron chi connectivity index (χ3n) is 4.74. The average Bonchev–Trinajstić information content (AvgIpc) is 3.22. The van der Waals surface area contributed by atoms with Gasteiger partial charge in [0.25, 0.3) is 0 Å². The molecule has 0 N–H and O–H groups in total. The molecular weight excluding hydrogens is 382 g/mol. The molecule has 0 aliphatic carbocycles. The number of ether oxygens (including phenoxy) is 4. The first kappa shape index (κ1) is 19.3. The van der Waals surface area contributed by atoms with Crippen molar-refractivity contribution in [2.24, 2.45) is 0 Å². The number of hydrogen-bond donors (Lipinski definition) is 0. The molecule has 0 bridgehead atoms. The van der Waals surface area contributed by atoms with Gasteiger partial charge in [-0.25, -0.2) is 0 Å². The van der Waals surface area contributed by atoms with E-state index in [9.17, 15) is 10.1 Å². The molecule has 0 aromatic heterocycles. The van der Waals surface area contributed by atoms with Gasteiger partial charge in [-0.15, -0.1) is 0 Å². The minimum absolute atomic E-state index is 0.125. The van der Waals surface area contributed by atoms with E-state index in [1.807, 2.05) is 55.5 Å². The van der Waals surface area contributed by atoms with Crippen LogP contribution in [0.1, 0.15) is 22.3 Å². The Bertz CT molecular complexity index is 1130. The second kappa shape index (κ2) is 8.58. The summed E-state index contributed by atoms with van der Waals surface area (Å²) in [5.41, 5.74) is 3.07. The fourth-order valence-electron chi connectivity index (χ4n) is 3.09. The number of nitrogens with zero attached hydrogens (tertiary/aromatic N) is 1. The Kier molecular flexibility index (Phi) is 5.53. The van der Waals surface area contributed by atoms with Gasteiger partial charge >= 0.3 is 5.97 Å². The van der Waals surface area contributed by atoms with E-state index < -0.39 is 5.97 Å². The normalized spacial score (nSPS) is 11.6. The van der Waals surface area contributed by atoms with Crippen molar-refractivity contribution in [3.63, 3.8) is 0 Å². The number of benzene rings is 3. The molecule has 0 saturated carbocycles. The maximum atomic E-state index is 12.4. The maximum absolute atomic E-state index is 12.4. The summed E-state index contributed by atoms with van der Waals surface area (Å²) >= 11 is 0. The summed E-state index contributed by atoms with van der Waals surface area (Å²) in [6.45, 7) is 2.44. The summed E-state index contributed by atoms with van der Waals surface area (Å²) in [5, 5.41) is 9.35. The molecule has 3 aromatic carbocycles. The highest BCUT2D eigenvalue weighted by molar-refractivity contribution is 5.76. The largest absolute Gasteiger partial charge is 0.489 e. The van der Waals surface area contributed by atoms with Gasteiger partial charge in [0.2, 0.25) is 6.79 Å². The zero-order valence-electron chi connectivity index (χ0n) is 16.4. The predicted octanol–water partition coefficient (Wildman–Crippen LogP) is 4.32. The van der Waals surface area contributed by atoms with Crippen LogP contribution < -0.4 is 18.9 Å².